The molecular formula is C15H17NO3. The Labute approximate surface area is 111 Å². The van der Waals surface area contributed by atoms with Gasteiger partial charge in [0.2, 0.25) is 5.91 Å². The SMILES string of the molecule is NC(=O)c1ccc(C2CCC(=CC(=O)O)CC2)cc1. The van der Waals surface area contributed by atoms with Crippen LogP contribution in [0, 0.1) is 0 Å². The number of allylic oxidation sites excluding steroid dienone is 1. The number of hydrogen-bond acceptors (Lipinski definition) is 2. The van der Waals surface area contributed by atoms with E-state index >= 15 is 0 Å². The van der Waals surface area contributed by atoms with E-state index in [1.807, 2.05) is 12.1 Å². The number of rotatable bonds is 3. The molecular weight excluding hydrogens is 242 g/mol. The van der Waals surface area contributed by atoms with Gasteiger partial charge in [0.1, 0.15) is 0 Å². The molecule has 0 spiro atoms. The van der Waals surface area contributed by atoms with Crippen molar-refractivity contribution in [3.8, 4) is 0 Å². The molecule has 4 nitrogen and oxygen atoms in total. The second kappa shape index (κ2) is 5.69. The first-order valence-electron chi connectivity index (χ1n) is 6.38. The Balaban J connectivity index is 2.01. The molecule has 0 saturated heterocycles. The molecule has 1 amide bonds. The van der Waals surface area contributed by atoms with Crippen molar-refractivity contribution in [1.82, 2.24) is 0 Å². The summed E-state index contributed by atoms with van der Waals surface area (Å²) in [6.45, 7) is 0. The summed E-state index contributed by atoms with van der Waals surface area (Å²) in [5, 5.41) is 8.71. The van der Waals surface area contributed by atoms with Crippen LogP contribution in [0.4, 0.5) is 0 Å². The second-order valence-corrected chi connectivity index (χ2v) is 4.90. The standard InChI is InChI=1S/C15H17NO3/c16-15(19)13-7-5-12(6-8-13)11-3-1-10(2-4-11)9-14(17)18/h5-9,11H,1-4H2,(H2,16,19)(H,17,18). The van der Waals surface area contributed by atoms with Crippen molar-refractivity contribution in [3.05, 3.63) is 47.0 Å². The van der Waals surface area contributed by atoms with Gasteiger partial charge in [-0.25, -0.2) is 4.79 Å². The van der Waals surface area contributed by atoms with Gasteiger partial charge >= 0.3 is 5.97 Å². The average molecular weight is 259 g/mol. The molecule has 1 fully saturated rings. The Morgan fingerprint density at radius 2 is 1.74 bits per heavy atom. The molecule has 4 heteroatoms. The van der Waals surface area contributed by atoms with Gasteiger partial charge in [-0.2, -0.15) is 0 Å². The first-order valence-corrected chi connectivity index (χ1v) is 6.38. The summed E-state index contributed by atoms with van der Waals surface area (Å²) in [5.41, 5.74) is 7.93. The number of amides is 1. The summed E-state index contributed by atoms with van der Waals surface area (Å²) < 4.78 is 0. The van der Waals surface area contributed by atoms with Gasteiger partial charge in [0.25, 0.3) is 0 Å². The van der Waals surface area contributed by atoms with E-state index in [1.165, 1.54) is 11.6 Å². The van der Waals surface area contributed by atoms with Gasteiger partial charge < -0.3 is 10.8 Å². The van der Waals surface area contributed by atoms with Gasteiger partial charge in [-0.3, -0.25) is 4.79 Å². The number of primary amides is 1. The molecule has 0 unspecified atom stereocenters. The molecule has 1 saturated carbocycles. The van der Waals surface area contributed by atoms with Gasteiger partial charge in [0.05, 0.1) is 0 Å². The fraction of sp³-hybridized carbons (Fsp3) is 0.333. The minimum atomic E-state index is -0.862. The zero-order chi connectivity index (χ0) is 13.8. The van der Waals surface area contributed by atoms with E-state index in [2.05, 4.69) is 0 Å². The third-order valence-corrected chi connectivity index (χ3v) is 3.62. The molecule has 0 atom stereocenters. The first kappa shape index (κ1) is 13.3. The van der Waals surface area contributed by atoms with Gasteiger partial charge in [0, 0.05) is 11.6 Å². The van der Waals surface area contributed by atoms with Crippen molar-refractivity contribution in [1.29, 1.82) is 0 Å². The van der Waals surface area contributed by atoms with E-state index < -0.39 is 11.9 Å². The average Bonchev–Trinajstić information content (AvgIpc) is 2.39. The molecule has 19 heavy (non-hydrogen) atoms. The zero-order valence-corrected chi connectivity index (χ0v) is 10.6. The lowest BCUT2D eigenvalue weighted by atomic mass is 9.81. The Hall–Kier alpha value is -2.10. The largest absolute Gasteiger partial charge is 0.478 e. The molecule has 0 heterocycles. The summed E-state index contributed by atoms with van der Waals surface area (Å²) in [4.78, 5) is 21.6. The van der Waals surface area contributed by atoms with Crippen LogP contribution in [0.2, 0.25) is 0 Å². The zero-order valence-electron chi connectivity index (χ0n) is 10.6. The van der Waals surface area contributed by atoms with E-state index in [9.17, 15) is 9.59 Å². The van der Waals surface area contributed by atoms with Crippen LogP contribution in [0.15, 0.2) is 35.9 Å². The molecule has 3 N–H and O–H groups in total. The lowest BCUT2D eigenvalue weighted by Gasteiger charge is -2.24. The smallest absolute Gasteiger partial charge is 0.328 e. The number of carbonyl (C=O) groups is 2. The van der Waals surface area contributed by atoms with E-state index in [0.29, 0.717) is 11.5 Å². The fourth-order valence-corrected chi connectivity index (χ4v) is 2.56. The van der Waals surface area contributed by atoms with Crippen molar-refractivity contribution in [3.63, 3.8) is 0 Å². The van der Waals surface area contributed by atoms with Crippen LogP contribution in [-0.2, 0) is 4.79 Å². The predicted octanol–water partition coefficient (Wildman–Crippen LogP) is 2.45. The topological polar surface area (TPSA) is 80.4 Å². The minimum absolute atomic E-state index is 0.415. The molecule has 0 aliphatic heterocycles. The van der Waals surface area contributed by atoms with Crippen molar-refractivity contribution in [2.75, 3.05) is 0 Å². The second-order valence-electron chi connectivity index (χ2n) is 4.90. The van der Waals surface area contributed by atoms with E-state index in [4.69, 9.17) is 10.8 Å². The van der Waals surface area contributed by atoms with E-state index in [1.54, 1.807) is 12.1 Å². The Morgan fingerprint density at radius 1 is 1.16 bits per heavy atom. The monoisotopic (exact) mass is 259 g/mol. The highest BCUT2D eigenvalue weighted by molar-refractivity contribution is 5.92. The van der Waals surface area contributed by atoms with Gasteiger partial charge in [0.15, 0.2) is 0 Å². The Bertz CT molecular complexity index is 507. The fourth-order valence-electron chi connectivity index (χ4n) is 2.56. The van der Waals surface area contributed by atoms with Gasteiger partial charge in [-0.05, 0) is 49.3 Å². The molecule has 0 bridgehead atoms. The predicted molar refractivity (Wildman–Crippen MR) is 71.9 cm³/mol. The van der Waals surface area contributed by atoms with Crippen LogP contribution in [0.3, 0.4) is 0 Å². The lowest BCUT2D eigenvalue weighted by molar-refractivity contribution is -0.131. The first-order chi connectivity index (χ1) is 9.06. The highest BCUT2D eigenvalue weighted by Gasteiger charge is 2.18. The number of aliphatic carboxylic acids is 1. The van der Waals surface area contributed by atoms with Crippen LogP contribution >= 0.6 is 0 Å². The number of nitrogens with two attached hydrogens (primary N) is 1. The van der Waals surface area contributed by atoms with Crippen LogP contribution in [0.25, 0.3) is 0 Å². The molecule has 2 rings (SSSR count). The maximum Gasteiger partial charge on any atom is 0.328 e. The van der Waals surface area contributed by atoms with Crippen molar-refractivity contribution >= 4 is 11.9 Å². The van der Waals surface area contributed by atoms with Crippen molar-refractivity contribution in [2.45, 2.75) is 31.6 Å². The number of carbonyl (C=O) groups excluding carboxylic acids is 1. The molecule has 100 valence electrons. The molecule has 1 aliphatic carbocycles. The van der Waals surface area contributed by atoms with Crippen LogP contribution < -0.4 is 5.73 Å². The minimum Gasteiger partial charge on any atom is -0.478 e. The third-order valence-electron chi connectivity index (χ3n) is 3.62. The summed E-state index contributed by atoms with van der Waals surface area (Å²) in [6, 6.07) is 7.38. The molecule has 0 radical (unpaired) electrons. The lowest BCUT2D eigenvalue weighted by Crippen LogP contribution is -2.11. The molecule has 1 aliphatic rings. The number of benzene rings is 1. The summed E-state index contributed by atoms with van der Waals surface area (Å²) in [5.74, 6) is -0.839. The van der Waals surface area contributed by atoms with Crippen LogP contribution in [0.1, 0.15) is 47.5 Å². The van der Waals surface area contributed by atoms with Gasteiger partial charge in [-0.1, -0.05) is 17.7 Å². The number of hydrogen-bond donors (Lipinski definition) is 2. The highest BCUT2D eigenvalue weighted by Crippen LogP contribution is 2.35. The third kappa shape index (κ3) is 3.44. The highest BCUT2D eigenvalue weighted by atomic mass is 16.4. The summed E-state index contributed by atoms with van der Waals surface area (Å²) >= 11 is 0. The van der Waals surface area contributed by atoms with Gasteiger partial charge in [-0.15, -0.1) is 0 Å². The molecule has 0 aromatic heterocycles. The number of carboxylic acid groups (broad SMARTS) is 1. The van der Waals surface area contributed by atoms with Crippen molar-refractivity contribution < 1.29 is 14.7 Å². The molecule has 1 aromatic rings. The van der Waals surface area contributed by atoms with E-state index in [-0.39, 0.29) is 0 Å². The Morgan fingerprint density at radius 3 is 2.21 bits per heavy atom. The summed E-state index contributed by atoms with van der Waals surface area (Å²) in [7, 11) is 0. The summed E-state index contributed by atoms with van der Waals surface area (Å²) in [6.07, 6.45) is 4.89. The quantitative estimate of drug-likeness (QED) is 0.818. The Kier molecular flexibility index (Phi) is 4.00. The number of carboxylic acids is 1. The molecule has 1 aromatic carbocycles. The van der Waals surface area contributed by atoms with Crippen LogP contribution in [-0.4, -0.2) is 17.0 Å². The van der Waals surface area contributed by atoms with Crippen LogP contribution in [0.5, 0.6) is 0 Å². The normalized spacial score (nSPS) is 18.9. The van der Waals surface area contributed by atoms with Crippen molar-refractivity contribution in [2.24, 2.45) is 5.73 Å². The van der Waals surface area contributed by atoms with E-state index in [0.717, 1.165) is 31.3 Å². The maximum atomic E-state index is 11.0. The maximum absolute atomic E-state index is 11.0.